The average molecular weight is 385 g/mol. The lowest BCUT2D eigenvalue weighted by Gasteiger charge is -2.20. The van der Waals surface area contributed by atoms with Crippen molar-refractivity contribution in [3.63, 3.8) is 0 Å². The lowest BCUT2D eigenvalue weighted by Crippen LogP contribution is -2.17. The summed E-state index contributed by atoms with van der Waals surface area (Å²) in [5, 5.41) is 0. The first-order valence-electron chi connectivity index (χ1n) is 5.88. The summed E-state index contributed by atoms with van der Waals surface area (Å²) in [5.41, 5.74) is 7.75. The first-order chi connectivity index (χ1) is 8.79. The zero-order chi connectivity index (χ0) is 14.2. The van der Waals surface area contributed by atoms with Crippen molar-refractivity contribution in [2.24, 2.45) is 0 Å². The fraction of sp³-hybridized carbons (Fsp3) is 0.286. The van der Waals surface area contributed by atoms with Crippen LogP contribution in [0, 0.1) is 0 Å². The van der Waals surface area contributed by atoms with E-state index in [9.17, 15) is 0 Å². The number of aromatic nitrogens is 2. The Morgan fingerprint density at radius 3 is 2.11 bits per heavy atom. The van der Waals surface area contributed by atoms with Gasteiger partial charge in [0.1, 0.15) is 5.82 Å². The van der Waals surface area contributed by atoms with Gasteiger partial charge in [-0.1, -0.05) is 48.8 Å². The van der Waals surface area contributed by atoms with Crippen LogP contribution in [-0.2, 0) is 5.41 Å². The van der Waals surface area contributed by atoms with Crippen LogP contribution in [-0.4, -0.2) is 9.97 Å². The minimum absolute atomic E-state index is 0.0972. The number of anilines is 1. The highest BCUT2D eigenvalue weighted by atomic mass is 79.9. The third kappa shape index (κ3) is 3.15. The largest absolute Gasteiger partial charge is 0.383 e. The number of nitrogens with zero attached hydrogens (tertiary/aromatic N) is 2. The molecule has 0 saturated carbocycles. The zero-order valence-electron chi connectivity index (χ0n) is 11.0. The predicted molar refractivity (Wildman–Crippen MR) is 86.0 cm³/mol. The normalized spacial score (nSPS) is 11.6. The molecule has 19 heavy (non-hydrogen) atoms. The molecule has 0 radical (unpaired) electrons. The van der Waals surface area contributed by atoms with Crippen LogP contribution in [0.1, 0.15) is 26.5 Å². The Labute approximate surface area is 129 Å². The molecule has 0 aliphatic carbocycles. The van der Waals surface area contributed by atoms with Crippen LogP contribution >= 0.6 is 31.9 Å². The summed E-state index contributed by atoms with van der Waals surface area (Å²) in [6.45, 7) is 6.31. The molecule has 0 amide bonds. The van der Waals surface area contributed by atoms with Gasteiger partial charge in [0, 0.05) is 15.5 Å². The van der Waals surface area contributed by atoms with Crippen LogP contribution in [0.15, 0.2) is 33.2 Å². The van der Waals surface area contributed by atoms with Crippen LogP contribution in [0.5, 0.6) is 0 Å². The van der Waals surface area contributed by atoms with Crippen molar-refractivity contribution >= 4 is 37.7 Å². The Morgan fingerprint density at radius 2 is 1.58 bits per heavy atom. The van der Waals surface area contributed by atoms with Gasteiger partial charge < -0.3 is 5.73 Å². The van der Waals surface area contributed by atoms with Gasteiger partial charge in [-0.25, -0.2) is 9.97 Å². The van der Waals surface area contributed by atoms with Gasteiger partial charge in [-0.05, 0) is 28.1 Å². The number of hydrogen-bond acceptors (Lipinski definition) is 3. The summed E-state index contributed by atoms with van der Waals surface area (Å²) in [7, 11) is 0. The summed E-state index contributed by atoms with van der Waals surface area (Å²) in [6, 6.07) is 7.87. The molecule has 0 aliphatic rings. The molecule has 0 aliphatic heterocycles. The number of nitrogen functional groups attached to an aromatic ring is 1. The minimum atomic E-state index is -0.0972. The van der Waals surface area contributed by atoms with Crippen molar-refractivity contribution in [2.45, 2.75) is 26.2 Å². The Hall–Kier alpha value is -0.940. The number of rotatable bonds is 1. The zero-order valence-corrected chi connectivity index (χ0v) is 14.2. The van der Waals surface area contributed by atoms with Crippen molar-refractivity contribution in [3.8, 4) is 11.4 Å². The van der Waals surface area contributed by atoms with Gasteiger partial charge in [0.2, 0.25) is 0 Å². The van der Waals surface area contributed by atoms with E-state index in [4.69, 9.17) is 5.73 Å². The molecule has 0 fully saturated rings. The molecule has 3 nitrogen and oxygen atoms in total. The summed E-state index contributed by atoms with van der Waals surface area (Å²) in [5.74, 6) is 1.12. The van der Waals surface area contributed by atoms with Crippen molar-refractivity contribution in [3.05, 3.63) is 38.9 Å². The van der Waals surface area contributed by atoms with Gasteiger partial charge in [0.25, 0.3) is 0 Å². The van der Waals surface area contributed by atoms with Gasteiger partial charge in [0.05, 0.1) is 10.2 Å². The van der Waals surface area contributed by atoms with Crippen LogP contribution in [0.25, 0.3) is 11.4 Å². The summed E-state index contributed by atoms with van der Waals surface area (Å²) < 4.78 is 1.80. The van der Waals surface area contributed by atoms with E-state index in [1.54, 1.807) is 0 Å². The molecule has 0 saturated heterocycles. The molecular weight excluding hydrogens is 370 g/mol. The van der Waals surface area contributed by atoms with E-state index in [0.29, 0.717) is 11.6 Å². The Balaban J connectivity index is 2.60. The topological polar surface area (TPSA) is 51.8 Å². The fourth-order valence-corrected chi connectivity index (χ4v) is 2.73. The molecule has 5 heteroatoms. The molecule has 2 rings (SSSR count). The molecule has 0 atom stereocenters. The van der Waals surface area contributed by atoms with Crippen molar-refractivity contribution < 1.29 is 0 Å². The van der Waals surface area contributed by atoms with E-state index in [1.807, 2.05) is 24.3 Å². The molecule has 1 aromatic carbocycles. The van der Waals surface area contributed by atoms with Gasteiger partial charge in [-0.3, -0.25) is 0 Å². The third-order valence-corrected chi connectivity index (χ3v) is 4.00. The standard InChI is InChI=1S/C14H15Br2N3/c1-14(2,3)11-10(16)12(17)19-13(18-11)8-4-6-9(15)7-5-8/h4-7H,1-3H3,(H2,17,18,19). The lowest BCUT2D eigenvalue weighted by molar-refractivity contribution is 0.565. The lowest BCUT2D eigenvalue weighted by atomic mass is 9.91. The second-order valence-electron chi connectivity index (χ2n) is 5.35. The van der Waals surface area contributed by atoms with E-state index in [1.165, 1.54) is 0 Å². The molecule has 100 valence electrons. The highest BCUT2D eigenvalue weighted by Crippen LogP contribution is 2.33. The molecule has 1 heterocycles. The highest BCUT2D eigenvalue weighted by molar-refractivity contribution is 9.11. The van der Waals surface area contributed by atoms with Gasteiger partial charge >= 0.3 is 0 Å². The van der Waals surface area contributed by atoms with Crippen molar-refractivity contribution in [1.82, 2.24) is 9.97 Å². The molecule has 2 aromatic rings. The highest BCUT2D eigenvalue weighted by Gasteiger charge is 2.22. The summed E-state index contributed by atoms with van der Waals surface area (Å²) in [4.78, 5) is 9.00. The molecule has 1 aromatic heterocycles. The Kier molecular flexibility index (Phi) is 3.97. The maximum absolute atomic E-state index is 5.98. The fourth-order valence-electron chi connectivity index (χ4n) is 1.69. The van der Waals surface area contributed by atoms with Crippen LogP contribution < -0.4 is 5.73 Å². The van der Waals surface area contributed by atoms with Gasteiger partial charge in [0.15, 0.2) is 5.82 Å². The van der Waals surface area contributed by atoms with E-state index in [-0.39, 0.29) is 5.41 Å². The average Bonchev–Trinajstić information content (AvgIpc) is 2.32. The first kappa shape index (κ1) is 14.5. The molecule has 2 N–H and O–H groups in total. The molecule has 0 spiro atoms. The quantitative estimate of drug-likeness (QED) is 0.784. The SMILES string of the molecule is CC(C)(C)c1nc(-c2ccc(Br)cc2)nc(N)c1Br. The van der Waals surface area contributed by atoms with E-state index < -0.39 is 0 Å². The maximum atomic E-state index is 5.98. The van der Waals surface area contributed by atoms with Gasteiger partial charge in [-0.2, -0.15) is 0 Å². The predicted octanol–water partition coefficient (Wildman–Crippen LogP) is 4.55. The van der Waals surface area contributed by atoms with Crippen LogP contribution in [0.2, 0.25) is 0 Å². The monoisotopic (exact) mass is 383 g/mol. The second-order valence-corrected chi connectivity index (χ2v) is 7.06. The van der Waals surface area contributed by atoms with Gasteiger partial charge in [-0.15, -0.1) is 0 Å². The van der Waals surface area contributed by atoms with Crippen molar-refractivity contribution in [1.29, 1.82) is 0 Å². The molecule has 0 bridgehead atoms. The van der Waals surface area contributed by atoms with Crippen LogP contribution in [0.3, 0.4) is 0 Å². The molecular formula is C14H15Br2N3. The smallest absolute Gasteiger partial charge is 0.161 e. The number of hydrogen-bond donors (Lipinski definition) is 1. The van der Waals surface area contributed by atoms with E-state index in [0.717, 1.165) is 20.2 Å². The van der Waals surface area contributed by atoms with E-state index >= 15 is 0 Å². The van der Waals surface area contributed by atoms with Crippen LogP contribution in [0.4, 0.5) is 5.82 Å². The Morgan fingerprint density at radius 1 is 1.00 bits per heavy atom. The maximum Gasteiger partial charge on any atom is 0.161 e. The number of benzene rings is 1. The first-order valence-corrected chi connectivity index (χ1v) is 7.47. The second kappa shape index (κ2) is 5.21. The number of nitrogens with two attached hydrogens (primary N) is 1. The summed E-state index contributed by atoms with van der Waals surface area (Å²) in [6.07, 6.45) is 0. The molecule has 0 unspecified atom stereocenters. The third-order valence-electron chi connectivity index (χ3n) is 2.69. The van der Waals surface area contributed by atoms with E-state index in [2.05, 4.69) is 62.6 Å². The minimum Gasteiger partial charge on any atom is -0.383 e. The summed E-state index contributed by atoms with van der Waals surface area (Å²) >= 11 is 6.89. The van der Waals surface area contributed by atoms with Crippen molar-refractivity contribution in [2.75, 3.05) is 5.73 Å². The number of halogens is 2. The Bertz CT molecular complexity index is 601.